The van der Waals surface area contributed by atoms with Crippen LogP contribution in [-0.2, 0) is 6.42 Å². The number of amides is 1. The summed E-state index contributed by atoms with van der Waals surface area (Å²) in [5.74, 6) is -1.19. The molecular formula is C13H11N3O3. The van der Waals surface area contributed by atoms with Gasteiger partial charge >= 0.3 is 5.97 Å². The molecule has 19 heavy (non-hydrogen) atoms. The third-order valence-corrected chi connectivity index (χ3v) is 3.20. The predicted octanol–water partition coefficient (Wildman–Crippen LogP) is 1.31. The smallest absolute Gasteiger partial charge is 0.335 e. The van der Waals surface area contributed by atoms with E-state index in [4.69, 9.17) is 5.11 Å². The Kier molecular flexibility index (Phi) is 2.56. The molecule has 0 saturated heterocycles. The van der Waals surface area contributed by atoms with Gasteiger partial charge in [-0.1, -0.05) is 6.07 Å². The van der Waals surface area contributed by atoms with E-state index in [-0.39, 0.29) is 11.5 Å². The van der Waals surface area contributed by atoms with Gasteiger partial charge in [0, 0.05) is 18.4 Å². The van der Waals surface area contributed by atoms with Crippen molar-refractivity contribution in [3.8, 4) is 0 Å². The minimum Gasteiger partial charge on any atom is -0.478 e. The standard InChI is InChI=1S/C13H11N3O3/c17-12(10-3-5-14-15-10)16-6-4-8-1-2-9(13(18)19)7-11(8)16/h1-3,5,7H,4,6H2,(H,14,15)(H,18,19). The zero-order valence-electron chi connectivity index (χ0n) is 9.96. The van der Waals surface area contributed by atoms with Crippen LogP contribution in [0.15, 0.2) is 30.5 Å². The number of benzene rings is 1. The third-order valence-electron chi connectivity index (χ3n) is 3.20. The van der Waals surface area contributed by atoms with E-state index in [1.54, 1.807) is 29.2 Å². The maximum Gasteiger partial charge on any atom is 0.335 e. The predicted molar refractivity (Wildman–Crippen MR) is 67.4 cm³/mol. The van der Waals surface area contributed by atoms with Gasteiger partial charge in [0.2, 0.25) is 0 Å². The molecule has 0 atom stereocenters. The summed E-state index contributed by atoms with van der Waals surface area (Å²) in [6, 6.07) is 6.46. The maximum atomic E-state index is 12.3. The number of nitrogens with one attached hydrogen (secondary N) is 1. The Hall–Kier alpha value is -2.63. The molecule has 0 bridgehead atoms. The van der Waals surface area contributed by atoms with Gasteiger partial charge in [-0.05, 0) is 30.2 Å². The van der Waals surface area contributed by atoms with Crippen LogP contribution in [0, 0.1) is 0 Å². The average molecular weight is 257 g/mol. The highest BCUT2D eigenvalue weighted by molar-refractivity contribution is 6.06. The topological polar surface area (TPSA) is 86.3 Å². The van der Waals surface area contributed by atoms with Crippen LogP contribution in [0.25, 0.3) is 0 Å². The Bertz CT molecular complexity index is 649. The fourth-order valence-corrected chi connectivity index (χ4v) is 2.24. The van der Waals surface area contributed by atoms with Crippen LogP contribution in [0.5, 0.6) is 0 Å². The summed E-state index contributed by atoms with van der Waals surface area (Å²) in [4.78, 5) is 24.8. The third kappa shape index (κ3) is 1.87. The second kappa shape index (κ2) is 4.24. The lowest BCUT2D eigenvalue weighted by Gasteiger charge is -2.16. The van der Waals surface area contributed by atoms with Gasteiger partial charge in [0.25, 0.3) is 5.91 Å². The number of carbonyl (C=O) groups excluding carboxylic acids is 1. The van der Waals surface area contributed by atoms with Crippen molar-refractivity contribution in [2.75, 3.05) is 11.4 Å². The average Bonchev–Trinajstić information content (AvgIpc) is 3.06. The molecule has 0 unspecified atom stereocenters. The number of aromatic amines is 1. The highest BCUT2D eigenvalue weighted by atomic mass is 16.4. The molecule has 3 rings (SSSR count). The van der Waals surface area contributed by atoms with Crippen LogP contribution in [0.2, 0.25) is 0 Å². The zero-order chi connectivity index (χ0) is 13.4. The first-order chi connectivity index (χ1) is 9.16. The van der Waals surface area contributed by atoms with Gasteiger partial charge < -0.3 is 10.0 Å². The molecular weight excluding hydrogens is 246 g/mol. The van der Waals surface area contributed by atoms with Crippen LogP contribution in [0.3, 0.4) is 0 Å². The first-order valence-corrected chi connectivity index (χ1v) is 5.84. The van der Waals surface area contributed by atoms with E-state index in [0.717, 1.165) is 12.0 Å². The highest BCUT2D eigenvalue weighted by Gasteiger charge is 2.27. The summed E-state index contributed by atoms with van der Waals surface area (Å²) < 4.78 is 0. The number of carbonyl (C=O) groups is 2. The number of aromatic nitrogens is 2. The molecule has 0 aliphatic carbocycles. The Morgan fingerprint density at radius 3 is 2.84 bits per heavy atom. The van der Waals surface area contributed by atoms with E-state index in [9.17, 15) is 9.59 Å². The van der Waals surface area contributed by atoms with Crippen LogP contribution in [-0.4, -0.2) is 33.7 Å². The van der Waals surface area contributed by atoms with Crippen molar-refractivity contribution in [1.29, 1.82) is 0 Å². The lowest BCUT2D eigenvalue weighted by molar-refractivity contribution is 0.0696. The molecule has 0 spiro atoms. The van der Waals surface area contributed by atoms with E-state index >= 15 is 0 Å². The van der Waals surface area contributed by atoms with Crippen molar-refractivity contribution in [2.45, 2.75) is 6.42 Å². The number of aromatic carboxylic acids is 1. The number of carboxylic acids is 1. The van der Waals surface area contributed by atoms with Crippen molar-refractivity contribution < 1.29 is 14.7 Å². The molecule has 0 fully saturated rings. The number of hydrogen-bond donors (Lipinski definition) is 2. The molecule has 96 valence electrons. The molecule has 0 radical (unpaired) electrons. The molecule has 6 heteroatoms. The summed E-state index contributed by atoms with van der Waals surface area (Å²) >= 11 is 0. The minimum absolute atomic E-state index is 0.183. The summed E-state index contributed by atoms with van der Waals surface area (Å²) in [6.45, 7) is 0.552. The van der Waals surface area contributed by atoms with Crippen LogP contribution >= 0.6 is 0 Å². The molecule has 6 nitrogen and oxygen atoms in total. The summed E-state index contributed by atoms with van der Waals surface area (Å²) in [5.41, 5.74) is 2.23. The number of anilines is 1. The van der Waals surface area contributed by atoms with E-state index in [0.29, 0.717) is 17.9 Å². The fourth-order valence-electron chi connectivity index (χ4n) is 2.24. The van der Waals surface area contributed by atoms with Gasteiger partial charge in [-0.2, -0.15) is 5.10 Å². The second-order valence-corrected chi connectivity index (χ2v) is 4.33. The van der Waals surface area contributed by atoms with Gasteiger partial charge in [0.15, 0.2) is 0 Å². The van der Waals surface area contributed by atoms with Gasteiger partial charge in [-0.25, -0.2) is 4.79 Å². The molecule has 2 aromatic rings. The Morgan fingerprint density at radius 2 is 2.16 bits per heavy atom. The molecule has 1 aromatic carbocycles. The van der Waals surface area contributed by atoms with Crippen molar-refractivity contribution in [3.05, 3.63) is 47.3 Å². The lowest BCUT2D eigenvalue weighted by atomic mass is 10.1. The van der Waals surface area contributed by atoms with Gasteiger partial charge in [-0.15, -0.1) is 0 Å². The van der Waals surface area contributed by atoms with Crippen molar-refractivity contribution >= 4 is 17.6 Å². The van der Waals surface area contributed by atoms with Crippen LogP contribution < -0.4 is 4.90 Å². The number of hydrogen-bond acceptors (Lipinski definition) is 3. The SMILES string of the molecule is O=C(O)c1ccc2c(c1)N(C(=O)c1ccn[nH]1)CC2. The number of carboxylic acid groups (broad SMARTS) is 1. The summed E-state index contributed by atoms with van der Waals surface area (Å²) in [5, 5.41) is 15.4. The van der Waals surface area contributed by atoms with Gasteiger partial charge in [0.05, 0.1) is 5.56 Å². The molecule has 1 aromatic heterocycles. The lowest BCUT2D eigenvalue weighted by Crippen LogP contribution is -2.29. The first kappa shape index (κ1) is 11.5. The molecule has 1 aliphatic rings. The molecule has 1 aliphatic heterocycles. The monoisotopic (exact) mass is 257 g/mol. The Labute approximate surface area is 108 Å². The van der Waals surface area contributed by atoms with Crippen LogP contribution in [0.4, 0.5) is 5.69 Å². The second-order valence-electron chi connectivity index (χ2n) is 4.33. The number of rotatable bonds is 2. The van der Waals surface area contributed by atoms with Crippen LogP contribution in [0.1, 0.15) is 26.4 Å². The Balaban J connectivity index is 1.99. The van der Waals surface area contributed by atoms with Crippen molar-refractivity contribution in [1.82, 2.24) is 10.2 Å². The first-order valence-electron chi connectivity index (χ1n) is 5.84. The Morgan fingerprint density at radius 1 is 1.32 bits per heavy atom. The minimum atomic E-state index is -0.997. The van der Waals surface area contributed by atoms with E-state index in [1.807, 2.05) is 0 Å². The molecule has 2 heterocycles. The maximum absolute atomic E-state index is 12.3. The fraction of sp³-hybridized carbons (Fsp3) is 0.154. The number of H-pyrrole nitrogens is 1. The highest BCUT2D eigenvalue weighted by Crippen LogP contribution is 2.30. The summed E-state index contributed by atoms with van der Waals surface area (Å²) in [7, 11) is 0. The molecule has 1 amide bonds. The van der Waals surface area contributed by atoms with Gasteiger partial charge in [-0.3, -0.25) is 9.89 Å². The normalized spacial score (nSPS) is 13.4. The quantitative estimate of drug-likeness (QED) is 0.849. The number of nitrogens with zero attached hydrogens (tertiary/aromatic N) is 2. The number of fused-ring (bicyclic) bond motifs is 1. The molecule has 0 saturated carbocycles. The molecule has 2 N–H and O–H groups in total. The van der Waals surface area contributed by atoms with Crippen molar-refractivity contribution in [2.24, 2.45) is 0 Å². The largest absolute Gasteiger partial charge is 0.478 e. The van der Waals surface area contributed by atoms with E-state index in [2.05, 4.69) is 10.2 Å². The summed E-state index contributed by atoms with van der Waals surface area (Å²) in [6.07, 6.45) is 2.24. The van der Waals surface area contributed by atoms with E-state index < -0.39 is 5.97 Å². The van der Waals surface area contributed by atoms with Crippen molar-refractivity contribution in [3.63, 3.8) is 0 Å². The van der Waals surface area contributed by atoms with E-state index in [1.165, 1.54) is 6.20 Å². The van der Waals surface area contributed by atoms with Gasteiger partial charge in [0.1, 0.15) is 5.69 Å². The zero-order valence-corrected chi connectivity index (χ0v) is 9.96.